The third kappa shape index (κ3) is 2.37. The standard InChI is InChI=1S/C24H16BFN3/c26-25-28-16-6-11-19(15-14-17-7-2-1-3-8-17)23(28)27-24-20-12-4-9-18-10-5-13-21(22(18)20)29(24)25/h1-16H/q+1/b15-14+. The van der Waals surface area contributed by atoms with Crippen molar-refractivity contribution < 1.29 is 8.79 Å². The maximum Gasteiger partial charge on any atom is 0.727 e. The zero-order chi connectivity index (χ0) is 19.4. The maximum absolute atomic E-state index is 15.8. The second-order valence-corrected chi connectivity index (χ2v) is 7.24. The first-order valence-corrected chi connectivity index (χ1v) is 9.63. The van der Waals surface area contributed by atoms with Crippen LogP contribution >= 0.6 is 0 Å². The fraction of sp³-hybridized carbons (Fsp3) is 0. The van der Waals surface area contributed by atoms with E-state index >= 15 is 4.32 Å². The number of pyridine rings is 1. The lowest BCUT2D eigenvalue weighted by molar-refractivity contribution is -0.536. The van der Waals surface area contributed by atoms with E-state index in [1.165, 1.54) is 0 Å². The Hall–Kier alpha value is -3.73. The molecule has 2 aromatic heterocycles. The van der Waals surface area contributed by atoms with Gasteiger partial charge < -0.3 is 0 Å². The van der Waals surface area contributed by atoms with Gasteiger partial charge in [-0.1, -0.05) is 60.7 Å². The van der Waals surface area contributed by atoms with Crippen molar-refractivity contribution in [3.05, 3.63) is 102 Å². The van der Waals surface area contributed by atoms with Gasteiger partial charge in [0.25, 0.3) is 0 Å². The van der Waals surface area contributed by atoms with Crippen LogP contribution in [0.2, 0.25) is 0 Å². The lowest BCUT2D eigenvalue weighted by Gasteiger charge is -2.11. The minimum absolute atomic E-state index is 0.628. The zero-order valence-electron chi connectivity index (χ0n) is 15.5. The zero-order valence-corrected chi connectivity index (χ0v) is 15.5. The van der Waals surface area contributed by atoms with Crippen LogP contribution in [0.5, 0.6) is 0 Å². The molecule has 0 spiro atoms. The molecule has 0 saturated heterocycles. The van der Waals surface area contributed by atoms with E-state index in [-0.39, 0.29) is 0 Å². The van der Waals surface area contributed by atoms with Gasteiger partial charge in [-0.05, 0) is 46.3 Å². The van der Waals surface area contributed by atoms with Gasteiger partial charge in [0, 0.05) is 10.9 Å². The van der Waals surface area contributed by atoms with Gasteiger partial charge in [-0.2, -0.15) is 0 Å². The summed E-state index contributed by atoms with van der Waals surface area (Å²) >= 11 is 0. The molecule has 3 nitrogen and oxygen atoms in total. The molecular weight excluding hydrogens is 360 g/mol. The summed E-state index contributed by atoms with van der Waals surface area (Å²) in [7, 11) is -1.35. The van der Waals surface area contributed by atoms with Gasteiger partial charge in [-0.3, -0.25) is 8.79 Å². The third-order valence-electron chi connectivity index (χ3n) is 5.55. The van der Waals surface area contributed by atoms with Gasteiger partial charge in [0.05, 0.1) is 17.1 Å². The number of aromatic nitrogens is 2. The number of rotatable bonds is 2. The summed E-state index contributed by atoms with van der Waals surface area (Å²) in [6.45, 7) is 0. The SMILES string of the molecule is FB1n2c(c3cccc4cccc2c43)=Nc2c(/C=C/c3ccccc3)ccc[n+]21. The first-order chi connectivity index (χ1) is 14.3. The molecule has 0 aliphatic carbocycles. The normalized spacial score (nSPS) is 13.1. The minimum atomic E-state index is -1.35. The van der Waals surface area contributed by atoms with E-state index in [0.29, 0.717) is 11.3 Å². The number of hydrogen-bond acceptors (Lipinski definition) is 1. The van der Waals surface area contributed by atoms with E-state index in [0.717, 1.165) is 32.8 Å². The van der Waals surface area contributed by atoms with Crippen molar-refractivity contribution in [3.63, 3.8) is 0 Å². The topological polar surface area (TPSA) is 21.2 Å². The molecule has 3 heterocycles. The highest BCUT2D eigenvalue weighted by molar-refractivity contribution is 6.42. The lowest BCUT2D eigenvalue weighted by atomic mass is 10.0. The first kappa shape index (κ1) is 16.2. The first-order valence-electron chi connectivity index (χ1n) is 9.63. The molecule has 3 aromatic carbocycles. The molecule has 6 rings (SSSR count). The number of nitrogens with zero attached hydrogens (tertiary/aromatic N) is 3. The average molecular weight is 376 g/mol. The van der Waals surface area contributed by atoms with Gasteiger partial charge in [0.1, 0.15) is 0 Å². The third-order valence-corrected chi connectivity index (χ3v) is 5.55. The van der Waals surface area contributed by atoms with Crippen molar-refractivity contribution in [1.82, 2.24) is 4.48 Å². The monoisotopic (exact) mass is 376 g/mol. The van der Waals surface area contributed by atoms with Crippen LogP contribution < -0.4 is 9.97 Å². The Morgan fingerprint density at radius 3 is 2.55 bits per heavy atom. The van der Waals surface area contributed by atoms with E-state index in [9.17, 15) is 0 Å². The summed E-state index contributed by atoms with van der Waals surface area (Å²) in [5.41, 5.74) is 3.52. The van der Waals surface area contributed by atoms with Crippen LogP contribution in [-0.2, 0) is 0 Å². The van der Waals surface area contributed by atoms with Gasteiger partial charge in [0.15, 0.2) is 0 Å². The van der Waals surface area contributed by atoms with E-state index < -0.39 is 7.26 Å². The maximum atomic E-state index is 15.8. The van der Waals surface area contributed by atoms with Crippen molar-refractivity contribution in [3.8, 4) is 0 Å². The Morgan fingerprint density at radius 1 is 0.862 bits per heavy atom. The molecule has 1 aliphatic rings. The van der Waals surface area contributed by atoms with Gasteiger partial charge in [0.2, 0.25) is 5.49 Å². The summed E-state index contributed by atoms with van der Waals surface area (Å²) in [4.78, 5) is 4.92. The van der Waals surface area contributed by atoms with Gasteiger partial charge in [-0.15, -0.1) is 0 Å². The van der Waals surface area contributed by atoms with Crippen LogP contribution in [0.1, 0.15) is 11.1 Å². The number of fused-ring (bicyclic) bond motifs is 4. The summed E-state index contributed by atoms with van der Waals surface area (Å²) in [6.07, 6.45) is 5.78. The van der Waals surface area contributed by atoms with E-state index in [4.69, 9.17) is 4.99 Å². The van der Waals surface area contributed by atoms with Crippen LogP contribution in [0, 0.1) is 0 Å². The van der Waals surface area contributed by atoms with Crippen LogP contribution in [0.3, 0.4) is 0 Å². The highest BCUT2D eigenvalue weighted by Gasteiger charge is 2.40. The molecule has 1 aliphatic heterocycles. The van der Waals surface area contributed by atoms with Gasteiger partial charge >= 0.3 is 13.1 Å². The highest BCUT2D eigenvalue weighted by atomic mass is 19.1. The van der Waals surface area contributed by atoms with Crippen molar-refractivity contribution >= 4 is 46.9 Å². The number of hydrogen-bond donors (Lipinski definition) is 0. The molecule has 5 heteroatoms. The molecular formula is C24H16BFN3+. The molecule has 0 saturated carbocycles. The lowest BCUT2D eigenvalue weighted by Crippen LogP contribution is -2.58. The second kappa shape index (κ2) is 6.14. The smallest absolute Gasteiger partial charge is 0.274 e. The molecule has 29 heavy (non-hydrogen) atoms. The molecule has 0 fully saturated rings. The minimum Gasteiger partial charge on any atom is -0.274 e. The molecule has 0 radical (unpaired) electrons. The van der Waals surface area contributed by atoms with Crippen molar-refractivity contribution in [1.29, 1.82) is 0 Å². The highest BCUT2D eigenvalue weighted by Crippen LogP contribution is 2.28. The molecule has 5 aromatic rings. The molecule has 0 unspecified atom stereocenters. The van der Waals surface area contributed by atoms with E-state index in [1.54, 1.807) is 15.2 Å². The number of halogens is 1. The van der Waals surface area contributed by atoms with Crippen LogP contribution in [0.4, 0.5) is 10.1 Å². The molecule has 0 amide bonds. The Kier molecular flexibility index (Phi) is 3.44. The summed E-state index contributed by atoms with van der Waals surface area (Å²) < 4.78 is 19.0. The van der Waals surface area contributed by atoms with E-state index in [2.05, 4.69) is 12.1 Å². The van der Waals surface area contributed by atoms with Crippen LogP contribution in [-0.4, -0.2) is 11.7 Å². The average Bonchev–Trinajstić information content (AvgIpc) is 3.09. The Balaban J connectivity index is 1.63. The van der Waals surface area contributed by atoms with Crippen molar-refractivity contribution in [2.75, 3.05) is 0 Å². The van der Waals surface area contributed by atoms with Crippen molar-refractivity contribution in [2.45, 2.75) is 0 Å². The van der Waals surface area contributed by atoms with Crippen LogP contribution in [0.25, 0.3) is 33.8 Å². The predicted molar refractivity (Wildman–Crippen MR) is 116 cm³/mol. The summed E-state index contributed by atoms with van der Waals surface area (Å²) in [5.74, 6) is 0.628. The summed E-state index contributed by atoms with van der Waals surface area (Å²) in [6, 6.07) is 26.0. The Bertz CT molecular complexity index is 1470. The van der Waals surface area contributed by atoms with Gasteiger partial charge in [-0.25, -0.2) is 4.48 Å². The van der Waals surface area contributed by atoms with Crippen LogP contribution in [0.15, 0.2) is 90.1 Å². The second-order valence-electron chi connectivity index (χ2n) is 7.24. The number of benzene rings is 3. The molecule has 136 valence electrons. The molecule has 0 bridgehead atoms. The Labute approximate surface area is 167 Å². The summed E-state index contributed by atoms with van der Waals surface area (Å²) in [5, 5.41) is 3.14. The quantitative estimate of drug-likeness (QED) is 0.402. The Morgan fingerprint density at radius 2 is 1.69 bits per heavy atom. The predicted octanol–water partition coefficient (Wildman–Crippen LogP) is 4.59. The van der Waals surface area contributed by atoms with E-state index in [1.807, 2.05) is 78.9 Å². The largest absolute Gasteiger partial charge is 0.727 e. The van der Waals surface area contributed by atoms with Crippen molar-refractivity contribution in [2.24, 2.45) is 4.99 Å². The fourth-order valence-electron chi connectivity index (χ4n) is 4.21. The molecule has 0 atom stereocenters. The fourth-order valence-corrected chi connectivity index (χ4v) is 4.21. The molecule has 0 N–H and O–H groups in total.